The molecule has 0 aliphatic carbocycles. The molecule has 3 aromatic rings. The van der Waals surface area contributed by atoms with Crippen molar-refractivity contribution in [3.8, 4) is 5.75 Å². The van der Waals surface area contributed by atoms with E-state index in [0.717, 1.165) is 15.6 Å². The van der Waals surface area contributed by atoms with Crippen LogP contribution in [-0.2, 0) is 14.8 Å². The van der Waals surface area contributed by atoms with E-state index >= 15 is 0 Å². The molecule has 0 saturated carbocycles. The van der Waals surface area contributed by atoms with Crippen molar-refractivity contribution in [3.63, 3.8) is 0 Å². The van der Waals surface area contributed by atoms with E-state index in [4.69, 9.17) is 4.74 Å². The SMILES string of the molecule is CN(C)S(=O)(=O)c1ccc2nc(NC(=O)COc3ccccc3F)sc2c1. The molecule has 27 heavy (non-hydrogen) atoms. The lowest BCUT2D eigenvalue weighted by Crippen LogP contribution is -2.22. The largest absolute Gasteiger partial charge is 0.481 e. The van der Waals surface area contributed by atoms with Crippen LogP contribution in [0.1, 0.15) is 0 Å². The van der Waals surface area contributed by atoms with Gasteiger partial charge >= 0.3 is 0 Å². The van der Waals surface area contributed by atoms with Crippen molar-refractivity contribution in [3.05, 3.63) is 48.3 Å². The molecule has 1 aromatic heterocycles. The first-order valence-corrected chi connectivity index (χ1v) is 10.0. The molecule has 3 rings (SSSR count). The minimum Gasteiger partial charge on any atom is -0.481 e. The summed E-state index contributed by atoms with van der Waals surface area (Å²) in [7, 11) is -0.653. The summed E-state index contributed by atoms with van der Waals surface area (Å²) in [5, 5.41) is 2.86. The van der Waals surface area contributed by atoms with Crippen molar-refractivity contribution >= 4 is 42.6 Å². The molecule has 1 amide bonds. The number of para-hydroxylation sites is 1. The second-order valence-corrected chi connectivity index (χ2v) is 8.89. The predicted molar refractivity (Wildman–Crippen MR) is 101 cm³/mol. The Morgan fingerprint density at radius 2 is 2.00 bits per heavy atom. The summed E-state index contributed by atoms with van der Waals surface area (Å²) in [4.78, 5) is 16.4. The van der Waals surface area contributed by atoms with Gasteiger partial charge in [-0.2, -0.15) is 0 Å². The molecule has 1 N–H and O–H groups in total. The Balaban J connectivity index is 1.72. The van der Waals surface area contributed by atoms with Crippen molar-refractivity contribution in [1.29, 1.82) is 0 Å². The highest BCUT2D eigenvalue weighted by molar-refractivity contribution is 7.89. The number of hydrogen-bond donors (Lipinski definition) is 1. The van der Waals surface area contributed by atoms with Gasteiger partial charge in [0, 0.05) is 14.1 Å². The Kier molecular flexibility index (Phi) is 5.40. The number of nitrogens with one attached hydrogen (secondary N) is 1. The fourth-order valence-electron chi connectivity index (χ4n) is 2.19. The molecule has 0 unspecified atom stereocenters. The number of thiazole rings is 1. The number of hydrogen-bond acceptors (Lipinski definition) is 6. The molecule has 0 radical (unpaired) electrons. The molecule has 1 heterocycles. The van der Waals surface area contributed by atoms with Crippen molar-refractivity contribution in [2.24, 2.45) is 0 Å². The smallest absolute Gasteiger partial charge is 0.264 e. The molecule has 142 valence electrons. The van der Waals surface area contributed by atoms with E-state index in [1.807, 2.05) is 0 Å². The normalized spacial score (nSPS) is 11.7. The van der Waals surface area contributed by atoms with Gasteiger partial charge in [0.1, 0.15) is 0 Å². The van der Waals surface area contributed by atoms with Gasteiger partial charge in [0.15, 0.2) is 23.3 Å². The molecular formula is C17H16FN3O4S2. The molecule has 2 aromatic carbocycles. The molecule has 0 aliphatic heterocycles. The monoisotopic (exact) mass is 409 g/mol. The maximum absolute atomic E-state index is 13.5. The van der Waals surface area contributed by atoms with E-state index in [1.165, 1.54) is 44.4 Å². The van der Waals surface area contributed by atoms with Crippen molar-refractivity contribution in [1.82, 2.24) is 9.29 Å². The number of amides is 1. The van der Waals surface area contributed by atoms with Crippen LogP contribution in [0.25, 0.3) is 10.2 Å². The van der Waals surface area contributed by atoms with E-state index in [-0.39, 0.29) is 17.3 Å². The zero-order chi connectivity index (χ0) is 19.6. The number of sulfonamides is 1. The van der Waals surface area contributed by atoms with E-state index < -0.39 is 21.7 Å². The van der Waals surface area contributed by atoms with Gasteiger partial charge in [0.25, 0.3) is 5.91 Å². The van der Waals surface area contributed by atoms with Crippen molar-refractivity contribution in [2.75, 3.05) is 26.0 Å². The van der Waals surface area contributed by atoms with Crippen LogP contribution in [-0.4, -0.2) is 44.3 Å². The molecule has 0 saturated heterocycles. The number of aromatic nitrogens is 1. The molecule has 0 atom stereocenters. The molecular weight excluding hydrogens is 393 g/mol. The first-order chi connectivity index (χ1) is 12.8. The third-order valence-electron chi connectivity index (χ3n) is 3.58. The maximum Gasteiger partial charge on any atom is 0.264 e. The summed E-state index contributed by atoms with van der Waals surface area (Å²) in [5.74, 6) is -1.08. The average Bonchev–Trinajstić information content (AvgIpc) is 3.02. The zero-order valence-corrected chi connectivity index (χ0v) is 16.1. The summed E-state index contributed by atoms with van der Waals surface area (Å²) >= 11 is 1.14. The second-order valence-electron chi connectivity index (χ2n) is 5.70. The number of ether oxygens (including phenoxy) is 1. The summed E-state index contributed by atoms with van der Waals surface area (Å²) in [6, 6.07) is 10.3. The quantitative estimate of drug-likeness (QED) is 0.676. The molecule has 0 aliphatic rings. The topological polar surface area (TPSA) is 88.6 Å². The number of nitrogens with zero attached hydrogens (tertiary/aromatic N) is 2. The van der Waals surface area contributed by atoms with Crippen LogP contribution in [0.4, 0.5) is 9.52 Å². The highest BCUT2D eigenvalue weighted by Gasteiger charge is 2.18. The summed E-state index contributed by atoms with van der Waals surface area (Å²) in [6.45, 7) is -0.378. The van der Waals surface area contributed by atoms with Gasteiger partial charge in [-0.1, -0.05) is 23.5 Å². The summed E-state index contributed by atoms with van der Waals surface area (Å²) in [6.07, 6.45) is 0. The lowest BCUT2D eigenvalue weighted by molar-refractivity contribution is -0.118. The third-order valence-corrected chi connectivity index (χ3v) is 6.32. The molecule has 10 heteroatoms. The van der Waals surface area contributed by atoms with Crippen molar-refractivity contribution < 1.29 is 22.3 Å². The summed E-state index contributed by atoms with van der Waals surface area (Å²) < 4.78 is 44.8. The van der Waals surface area contributed by atoms with E-state index in [1.54, 1.807) is 12.1 Å². The molecule has 7 nitrogen and oxygen atoms in total. The van der Waals surface area contributed by atoms with Crippen LogP contribution < -0.4 is 10.1 Å². The molecule has 0 bridgehead atoms. The Morgan fingerprint density at radius 1 is 1.26 bits per heavy atom. The minimum absolute atomic E-state index is 0.0181. The predicted octanol–water partition coefficient (Wildman–Crippen LogP) is 2.70. The number of benzene rings is 2. The van der Waals surface area contributed by atoms with Gasteiger partial charge in [-0.25, -0.2) is 22.1 Å². The Morgan fingerprint density at radius 3 is 2.70 bits per heavy atom. The lowest BCUT2D eigenvalue weighted by Gasteiger charge is -2.10. The first-order valence-electron chi connectivity index (χ1n) is 7.77. The maximum atomic E-state index is 13.5. The second kappa shape index (κ2) is 7.59. The average molecular weight is 409 g/mol. The Hall–Kier alpha value is -2.56. The number of carbonyl (C=O) groups excluding carboxylic acids is 1. The fourth-order valence-corrected chi connectivity index (χ4v) is 4.11. The number of rotatable bonds is 6. The highest BCUT2D eigenvalue weighted by atomic mass is 32.2. The van der Waals surface area contributed by atoms with Gasteiger partial charge < -0.3 is 4.74 Å². The van der Waals surface area contributed by atoms with E-state index in [0.29, 0.717) is 15.3 Å². The van der Waals surface area contributed by atoms with Crippen LogP contribution in [0.15, 0.2) is 47.4 Å². The first kappa shape index (κ1) is 19.2. The minimum atomic E-state index is -3.56. The van der Waals surface area contributed by atoms with Gasteiger partial charge in [0.2, 0.25) is 10.0 Å². The van der Waals surface area contributed by atoms with Crippen LogP contribution in [0, 0.1) is 5.82 Å². The number of carbonyl (C=O) groups is 1. The van der Waals surface area contributed by atoms with Gasteiger partial charge in [0.05, 0.1) is 15.1 Å². The van der Waals surface area contributed by atoms with E-state index in [2.05, 4.69) is 10.3 Å². The third kappa shape index (κ3) is 4.24. The number of fused-ring (bicyclic) bond motifs is 1. The van der Waals surface area contributed by atoms with Gasteiger partial charge in [-0.3, -0.25) is 10.1 Å². The standard InChI is InChI=1S/C17H16FN3O4S2/c1-21(2)27(23,24)11-7-8-13-15(9-11)26-17(19-13)20-16(22)10-25-14-6-4-3-5-12(14)18/h3-9H,10H2,1-2H3,(H,19,20,22). The molecule has 0 fully saturated rings. The van der Waals surface area contributed by atoms with Crippen LogP contribution in [0.3, 0.4) is 0 Å². The number of anilines is 1. The fraction of sp³-hybridized carbons (Fsp3) is 0.176. The van der Waals surface area contributed by atoms with Crippen molar-refractivity contribution in [2.45, 2.75) is 4.90 Å². The number of halogens is 1. The summed E-state index contributed by atoms with van der Waals surface area (Å²) in [5.41, 5.74) is 0.558. The van der Waals surface area contributed by atoms with Crippen LogP contribution >= 0.6 is 11.3 Å². The van der Waals surface area contributed by atoms with E-state index in [9.17, 15) is 17.6 Å². The van der Waals surface area contributed by atoms with Gasteiger partial charge in [-0.05, 0) is 30.3 Å². The Bertz CT molecular complexity index is 1100. The zero-order valence-electron chi connectivity index (χ0n) is 14.5. The highest BCUT2D eigenvalue weighted by Crippen LogP contribution is 2.28. The van der Waals surface area contributed by atoms with Crippen LogP contribution in [0.5, 0.6) is 5.75 Å². The Labute approximate surface area is 159 Å². The molecule has 0 spiro atoms. The lowest BCUT2D eigenvalue weighted by atomic mass is 10.3. The van der Waals surface area contributed by atoms with Crippen LogP contribution in [0.2, 0.25) is 0 Å². The van der Waals surface area contributed by atoms with Gasteiger partial charge in [-0.15, -0.1) is 0 Å².